The number of nitrogens with zero attached hydrogens (tertiary/aromatic N) is 1. The summed E-state index contributed by atoms with van der Waals surface area (Å²) >= 11 is 12.7. The molecule has 0 spiro atoms. The first-order valence-corrected chi connectivity index (χ1v) is 12.8. The van der Waals surface area contributed by atoms with Crippen LogP contribution in [-0.4, -0.2) is 53.6 Å². The van der Waals surface area contributed by atoms with Gasteiger partial charge in [0, 0.05) is 6.54 Å². The summed E-state index contributed by atoms with van der Waals surface area (Å²) in [7, 11) is 2.68. The van der Waals surface area contributed by atoms with Gasteiger partial charge in [-0.3, -0.25) is 9.59 Å². The largest absolute Gasteiger partial charge is 0.508 e. The molecule has 1 aliphatic heterocycles. The van der Waals surface area contributed by atoms with E-state index in [1.807, 2.05) is 0 Å². The molecule has 40 heavy (non-hydrogen) atoms. The molecule has 1 amide bonds. The molecule has 208 valence electrons. The number of carbonyl (C=O) groups is 3. The number of halogens is 2. The van der Waals surface area contributed by atoms with Gasteiger partial charge in [-0.2, -0.15) is 0 Å². The second-order valence-corrected chi connectivity index (χ2v) is 9.51. The topological polar surface area (TPSA) is 123 Å². The molecule has 11 heteroatoms. The second-order valence-electron chi connectivity index (χ2n) is 8.72. The van der Waals surface area contributed by atoms with E-state index in [9.17, 15) is 24.6 Å². The normalized spacial score (nSPS) is 16.2. The zero-order valence-corrected chi connectivity index (χ0v) is 23.2. The SMILES string of the molecule is CCOC(=O)c1ccc(CN2C(=O)C(=O)/C(=C(/O)c3cc(Cl)c(OC)c(Cl)c3OC)C2c2ccc(O)cc2)cc1. The van der Waals surface area contributed by atoms with Crippen molar-refractivity contribution in [1.29, 1.82) is 0 Å². The summed E-state index contributed by atoms with van der Waals surface area (Å²) in [5.41, 5.74) is 1.16. The summed E-state index contributed by atoms with van der Waals surface area (Å²) in [4.78, 5) is 40.1. The van der Waals surface area contributed by atoms with E-state index < -0.39 is 29.5 Å². The number of hydrogen-bond donors (Lipinski definition) is 2. The van der Waals surface area contributed by atoms with Gasteiger partial charge >= 0.3 is 5.97 Å². The van der Waals surface area contributed by atoms with Crippen molar-refractivity contribution in [3.05, 3.63) is 92.5 Å². The monoisotopic (exact) mass is 585 g/mol. The number of likely N-dealkylation sites (tertiary alicyclic amines) is 1. The molecule has 1 atom stereocenters. The van der Waals surface area contributed by atoms with Crippen LogP contribution < -0.4 is 9.47 Å². The molecule has 1 heterocycles. The van der Waals surface area contributed by atoms with Crippen LogP contribution in [0.2, 0.25) is 10.0 Å². The van der Waals surface area contributed by atoms with Gasteiger partial charge in [0.05, 0.1) is 48.6 Å². The highest BCUT2D eigenvalue weighted by atomic mass is 35.5. The third-order valence-corrected chi connectivity index (χ3v) is 6.99. The van der Waals surface area contributed by atoms with E-state index >= 15 is 0 Å². The number of Topliss-reactive ketones (excluding diaryl/α,β-unsaturated/α-hetero) is 1. The Morgan fingerprint density at radius 2 is 1.60 bits per heavy atom. The first kappa shape index (κ1) is 28.8. The van der Waals surface area contributed by atoms with Crippen molar-refractivity contribution in [1.82, 2.24) is 4.90 Å². The van der Waals surface area contributed by atoms with Crippen molar-refractivity contribution >= 4 is 46.6 Å². The Hall–Kier alpha value is -4.21. The number of hydrogen-bond acceptors (Lipinski definition) is 8. The summed E-state index contributed by atoms with van der Waals surface area (Å²) in [6, 6.07) is 12.6. The molecule has 4 rings (SSSR count). The van der Waals surface area contributed by atoms with E-state index in [2.05, 4.69) is 0 Å². The van der Waals surface area contributed by atoms with Crippen molar-refractivity contribution in [2.75, 3.05) is 20.8 Å². The number of phenols is 1. The van der Waals surface area contributed by atoms with Crippen LogP contribution >= 0.6 is 23.2 Å². The van der Waals surface area contributed by atoms with Crippen LogP contribution in [-0.2, 0) is 20.9 Å². The van der Waals surface area contributed by atoms with Gasteiger partial charge in [0.1, 0.15) is 16.5 Å². The lowest BCUT2D eigenvalue weighted by Crippen LogP contribution is -2.29. The Morgan fingerprint density at radius 3 is 2.17 bits per heavy atom. The van der Waals surface area contributed by atoms with E-state index in [0.717, 1.165) is 0 Å². The number of ether oxygens (including phenoxy) is 3. The van der Waals surface area contributed by atoms with Crippen molar-refractivity contribution in [3.63, 3.8) is 0 Å². The van der Waals surface area contributed by atoms with E-state index in [0.29, 0.717) is 16.7 Å². The van der Waals surface area contributed by atoms with Gasteiger partial charge in [-0.05, 0) is 48.4 Å². The van der Waals surface area contributed by atoms with Crippen molar-refractivity contribution in [2.24, 2.45) is 0 Å². The first-order valence-electron chi connectivity index (χ1n) is 12.1. The van der Waals surface area contributed by atoms with Crippen LogP contribution in [0.1, 0.15) is 40.0 Å². The Kier molecular flexibility index (Phi) is 8.56. The molecule has 2 N–H and O–H groups in total. The van der Waals surface area contributed by atoms with Crippen LogP contribution in [0.15, 0.2) is 60.2 Å². The van der Waals surface area contributed by atoms with Gasteiger partial charge in [0.15, 0.2) is 11.5 Å². The molecule has 3 aromatic rings. The summed E-state index contributed by atoms with van der Waals surface area (Å²) in [5, 5.41) is 21.3. The fraction of sp³-hybridized carbons (Fsp3) is 0.207. The smallest absolute Gasteiger partial charge is 0.338 e. The second kappa shape index (κ2) is 11.9. The number of carbonyl (C=O) groups excluding carboxylic acids is 3. The van der Waals surface area contributed by atoms with E-state index in [-0.39, 0.29) is 51.6 Å². The Bertz CT molecular complexity index is 1500. The average Bonchev–Trinajstić information content (AvgIpc) is 3.18. The molecule has 0 radical (unpaired) electrons. The molecule has 9 nitrogen and oxygen atoms in total. The van der Waals surface area contributed by atoms with Gasteiger partial charge < -0.3 is 29.3 Å². The first-order chi connectivity index (χ1) is 19.1. The molecule has 3 aromatic carbocycles. The minimum absolute atomic E-state index is 0.00868. The maximum Gasteiger partial charge on any atom is 0.338 e. The molecule has 1 fully saturated rings. The van der Waals surface area contributed by atoms with E-state index in [1.165, 1.54) is 37.3 Å². The third kappa shape index (κ3) is 5.30. The van der Waals surface area contributed by atoms with Gasteiger partial charge in [0.25, 0.3) is 11.7 Å². The van der Waals surface area contributed by atoms with Crippen molar-refractivity contribution in [2.45, 2.75) is 19.5 Å². The van der Waals surface area contributed by atoms with Crippen LogP contribution in [0.4, 0.5) is 0 Å². The molecular formula is C29H25Cl2NO8. The minimum atomic E-state index is -1.05. The number of benzene rings is 3. The van der Waals surface area contributed by atoms with Crippen molar-refractivity contribution < 1.29 is 38.8 Å². The lowest BCUT2D eigenvalue weighted by Gasteiger charge is -2.26. The number of aromatic hydroxyl groups is 1. The predicted molar refractivity (Wildman–Crippen MR) is 148 cm³/mol. The minimum Gasteiger partial charge on any atom is -0.508 e. The quantitative estimate of drug-likeness (QED) is 0.153. The molecule has 0 bridgehead atoms. The van der Waals surface area contributed by atoms with Gasteiger partial charge in [-0.1, -0.05) is 47.5 Å². The summed E-state index contributed by atoms with van der Waals surface area (Å²) in [6.45, 7) is 1.90. The lowest BCUT2D eigenvalue weighted by atomic mass is 9.94. The molecule has 1 aliphatic rings. The molecule has 0 saturated carbocycles. The van der Waals surface area contributed by atoms with Crippen LogP contribution in [0.3, 0.4) is 0 Å². The molecule has 0 aromatic heterocycles. The van der Waals surface area contributed by atoms with Gasteiger partial charge in [-0.25, -0.2) is 4.79 Å². The average molecular weight is 586 g/mol. The molecular weight excluding hydrogens is 561 g/mol. The maximum absolute atomic E-state index is 13.4. The zero-order valence-electron chi connectivity index (χ0n) is 21.7. The molecule has 0 aliphatic carbocycles. The Morgan fingerprint density at radius 1 is 0.975 bits per heavy atom. The molecule has 1 unspecified atom stereocenters. The number of rotatable bonds is 8. The van der Waals surface area contributed by atoms with Crippen molar-refractivity contribution in [3.8, 4) is 17.2 Å². The maximum atomic E-state index is 13.4. The zero-order chi connectivity index (χ0) is 29.1. The summed E-state index contributed by atoms with van der Waals surface area (Å²) < 4.78 is 15.6. The number of amides is 1. The number of phenolic OH excluding ortho intramolecular Hbond substituents is 1. The van der Waals surface area contributed by atoms with E-state index in [4.69, 9.17) is 37.4 Å². The highest BCUT2D eigenvalue weighted by molar-refractivity contribution is 6.47. The fourth-order valence-electron chi connectivity index (χ4n) is 4.50. The lowest BCUT2D eigenvalue weighted by molar-refractivity contribution is -0.140. The standard InChI is InChI=1S/C29H25Cl2NO8/c1-4-40-29(37)17-7-5-15(6-8-17)14-32-23(16-9-11-18(33)12-10-16)21(25(35)28(32)36)24(34)19-13-20(30)27(39-3)22(31)26(19)38-2/h5-13,23,33-34H,4,14H2,1-3H3/b24-21+. The van der Waals surface area contributed by atoms with E-state index in [1.54, 1.807) is 43.3 Å². The third-order valence-electron chi connectivity index (χ3n) is 6.36. The number of aliphatic hydroxyl groups is 1. The number of ketones is 1. The highest BCUT2D eigenvalue weighted by Crippen LogP contribution is 2.47. The highest BCUT2D eigenvalue weighted by Gasteiger charge is 2.46. The van der Waals surface area contributed by atoms with Crippen LogP contribution in [0.25, 0.3) is 5.76 Å². The number of aliphatic hydroxyl groups excluding tert-OH is 1. The summed E-state index contributed by atoms with van der Waals surface area (Å²) in [6.07, 6.45) is 0. The Labute approximate surface area is 240 Å². The fourth-order valence-corrected chi connectivity index (χ4v) is 5.18. The number of methoxy groups -OCH3 is 2. The van der Waals surface area contributed by atoms with Crippen LogP contribution in [0, 0.1) is 0 Å². The summed E-state index contributed by atoms with van der Waals surface area (Å²) in [5.74, 6) is -2.76. The Balaban J connectivity index is 1.85. The van der Waals surface area contributed by atoms with Crippen LogP contribution in [0.5, 0.6) is 17.2 Å². The van der Waals surface area contributed by atoms with Gasteiger partial charge in [-0.15, -0.1) is 0 Å². The predicted octanol–water partition coefficient (Wildman–Crippen LogP) is 5.51. The number of esters is 1. The molecule has 1 saturated heterocycles. The van der Waals surface area contributed by atoms with Gasteiger partial charge in [0.2, 0.25) is 0 Å².